The van der Waals surface area contributed by atoms with Gasteiger partial charge >= 0.3 is 0 Å². The van der Waals surface area contributed by atoms with Crippen LogP contribution in [0, 0.1) is 0 Å². The zero-order valence-electron chi connectivity index (χ0n) is 12.6. The van der Waals surface area contributed by atoms with Gasteiger partial charge in [-0.25, -0.2) is 0 Å². The Morgan fingerprint density at radius 3 is 2.81 bits per heavy atom. The van der Waals surface area contributed by atoms with E-state index in [-0.39, 0.29) is 0 Å². The number of nitrogens with one attached hydrogen (secondary N) is 1. The molecule has 0 bridgehead atoms. The van der Waals surface area contributed by atoms with E-state index in [2.05, 4.69) is 32.3 Å². The SMILES string of the molecule is c1cc(CNCCCN2CCCCC2)c2nccnc2c1. The fourth-order valence-electron chi connectivity index (χ4n) is 3.03. The van der Waals surface area contributed by atoms with E-state index in [0.29, 0.717) is 0 Å². The van der Waals surface area contributed by atoms with Gasteiger partial charge in [-0.2, -0.15) is 0 Å². The molecule has 1 aromatic heterocycles. The molecule has 1 aliphatic heterocycles. The number of likely N-dealkylation sites (tertiary alicyclic amines) is 1. The van der Waals surface area contributed by atoms with Gasteiger partial charge in [0.2, 0.25) is 0 Å². The van der Waals surface area contributed by atoms with E-state index in [9.17, 15) is 0 Å². The van der Waals surface area contributed by atoms with E-state index in [1.807, 2.05) is 6.07 Å². The van der Waals surface area contributed by atoms with Gasteiger partial charge in [-0.15, -0.1) is 0 Å². The van der Waals surface area contributed by atoms with Crippen LogP contribution in [0.5, 0.6) is 0 Å². The van der Waals surface area contributed by atoms with Gasteiger partial charge in [0.15, 0.2) is 0 Å². The third kappa shape index (κ3) is 3.99. The summed E-state index contributed by atoms with van der Waals surface area (Å²) in [5.74, 6) is 0. The highest BCUT2D eigenvalue weighted by molar-refractivity contribution is 5.77. The average Bonchev–Trinajstić information content (AvgIpc) is 2.56. The summed E-state index contributed by atoms with van der Waals surface area (Å²) in [5.41, 5.74) is 3.23. The Morgan fingerprint density at radius 2 is 1.90 bits per heavy atom. The first-order valence-electron chi connectivity index (χ1n) is 8.05. The number of piperidine rings is 1. The molecule has 112 valence electrons. The highest BCUT2D eigenvalue weighted by Gasteiger charge is 2.08. The first kappa shape index (κ1) is 14.4. The summed E-state index contributed by atoms with van der Waals surface area (Å²) in [6.45, 7) is 5.74. The third-order valence-corrected chi connectivity index (χ3v) is 4.17. The lowest BCUT2D eigenvalue weighted by Gasteiger charge is -2.26. The Labute approximate surface area is 126 Å². The topological polar surface area (TPSA) is 41.0 Å². The van der Waals surface area contributed by atoms with E-state index in [4.69, 9.17) is 0 Å². The minimum atomic E-state index is 0.871. The summed E-state index contributed by atoms with van der Waals surface area (Å²) in [5, 5.41) is 3.54. The summed E-state index contributed by atoms with van der Waals surface area (Å²) in [4.78, 5) is 11.4. The van der Waals surface area contributed by atoms with Crippen LogP contribution in [0.1, 0.15) is 31.2 Å². The first-order chi connectivity index (χ1) is 10.4. The van der Waals surface area contributed by atoms with E-state index in [1.165, 1.54) is 50.9 Å². The Kier molecular flexibility index (Phi) is 5.13. The fourth-order valence-corrected chi connectivity index (χ4v) is 3.03. The predicted molar refractivity (Wildman–Crippen MR) is 86.2 cm³/mol. The molecular weight excluding hydrogens is 260 g/mol. The molecule has 0 saturated carbocycles. The van der Waals surface area contributed by atoms with Gasteiger partial charge in [-0.05, 0) is 57.1 Å². The van der Waals surface area contributed by atoms with Gasteiger partial charge in [0, 0.05) is 18.9 Å². The minimum absolute atomic E-state index is 0.871. The van der Waals surface area contributed by atoms with Crippen LogP contribution in [0.15, 0.2) is 30.6 Å². The molecule has 4 nitrogen and oxygen atoms in total. The predicted octanol–water partition coefficient (Wildman–Crippen LogP) is 2.60. The summed E-state index contributed by atoms with van der Waals surface area (Å²) in [6.07, 6.45) is 8.90. The molecule has 0 radical (unpaired) electrons. The second-order valence-electron chi connectivity index (χ2n) is 5.77. The summed E-state index contributed by atoms with van der Waals surface area (Å²) in [6, 6.07) is 6.21. The molecule has 0 atom stereocenters. The largest absolute Gasteiger partial charge is 0.313 e. The van der Waals surface area contributed by atoms with Crippen LogP contribution in [0.25, 0.3) is 11.0 Å². The number of hydrogen-bond donors (Lipinski definition) is 1. The third-order valence-electron chi connectivity index (χ3n) is 4.17. The smallest absolute Gasteiger partial charge is 0.0931 e. The molecule has 1 fully saturated rings. The highest BCUT2D eigenvalue weighted by atomic mass is 15.1. The Bertz CT molecular complexity index is 558. The van der Waals surface area contributed by atoms with Crippen molar-refractivity contribution < 1.29 is 0 Å². The molecule has 1 aromatic carbocycles. The van der Waals surface area contributed by atoms with E-state index >= 15 is 0 Å². The van der Waals surface area contributed by atoms with Gasteiger partial charge in [0.25, 0.3) is 0 Å². The van der Waals surface area contributed by atoms with Crippen LogP contribution >= 0.6 is 0 Å². The molecule has 2 heterocycles. The summed E-state index contributed by atoms with van der Waals surface area (Å²) < 4.78 is 0. The molecule has 0 spiro atoms. The van der Waals surface area contributed by atoms with Gasteiger partial charge < -0.3 is 10.2 Å². The van der Waals surface area contributed by atoms with E-state index < -0.39 is 0 Å². The number of benzene rings is 1. The standard InChI is InChI=1S/C17H24N4/c1-2-11-21(12-3-1)13-5-8-18-14-15-6-4-7-16-17(15)20-10-9-19-16/h4,6-7,9-10,18H,1-3,5,8,11-14H2. The Hall–Kier alpha value is -1.52. The van der Waals surface area contributed by atoms with Gasteiger partial charge in [0.05, 0.1) is 11.0 Å². The average molecular weight is 284 g/mol. The minimum Gasteiger partial charge on any atom is -0.313 e. The Morgan fingerprint density at radius 1 is 1.05 bits per heavy atom. The zero-order valence-corrected chi connectivity index (χ0v) is 12.6. The van der Waals surface area contributed by atoms with Crippen LogP contribution in [0.2, 0.25) is 0 Å². The van der Waals surface area contributed by atoms with Gasteiger partial charge in [-0.3, -0.25) is 9.97 Å². The van der Waals surface area contributed by atoms with Crippen molar-refractivity contribution in [2.75, 3.05) is 26.2 Å². The normalized spacial score (nSPS) is 16.4. The van der Waals surface area contributed by atoms with Crippen LogP contribution in [-0.2, 0) is 6.54 Å². The monoisotopic (exact) mass is 284 g/mol. The molecule has 0 amide bonds. The summed E-state index contributed by atoms with van der Waals surface area (Å²) in [7, 11) is 0. The molecule has 2 aromatic rings. The molecule has 1 aliphatic rings. The second-order valence-corrected chi connectivity index (χ2v) is 5.77. The summed E-state index contributed by atoms with van der Waals surface area (Å²) >= 11 is 0. The first-order valence-corrected chi connectivity index (χ1v) is 8.05. The zero-order chi connectivity index (χ0) is 14.3. The van der Waals surface area contributed by atoms with E-state index in [0.717, 1.165) is 24.1 Å². The number of aromatic nitrogens is 2. The maximum Gasteiger partial charge on any atom is 0.0931 e. The molecule has 4 heteroatoms. The molecule has 1 N–H and O–H groups in total. The van der Waals surface area contributed by atoms with Crippen LogP contribution < -0.4 is 5.32 Å². The van der Waals surface area contributed by atoms with Crippen LogP contribution in [0.3, 0.4) is 0 Å². The van der Waals surface area contributed by atoms with Crippen molar-refractivity contribution in [1.29, 1.82) is 0 Å². The van der Waals surface area contributed by atoms with Crippen LogP contribution in [-0.4, -0.2) is 41.0 Å². The maximum absolute atomic E-state index is 4.44. The number of nitrogens with zero attached hydrogens (tertiary/aromatic N) is 3. The lowest BCUT2D eigenvalue weighted by molar-refractivity contribution is 0.225. The lowest BCUT2D eigenvalue weighted by Crippen LogP contribution is -2.32. The number of para-hydroxylation sites is 1. The van der Waals surface area contributed by atoms with Crippen molar-refractivity contribution >= 4 is 11.0 Å². The maximum atomic E-state index is 4.44. The molecule has 0 aliphatic carbocycles. The van der Waals surface area contributed by atoms with Crippen molar-refractivity contribution in [1.82, 2.24) is 20.2 Å². The van der Waals surface area contributed by atoms with Crippen LogP contribution in [0.4, 0.5) is 0 Å². The van der Waals surface area contributed by atoms with Crippen molar-refractivity contribution in [2.45, 2.75) is 32.2 Å². The number of fused-ring (bicyclic) bond motifs is 1. The Balaban J connectivity index is 1.44. The van der Waals surface area contributed by atoms with Crippen molar-refractivity contribution in [3.05, 3.63) is 36.2 Å². The highest BCUT2D eigenvalue weighted by Crippen LogP contribution is 2.13. The van der Waals surface area contributed by atoms with Crippen molar-refractivity contribution in [3.8, 4) is 0 Å². The fraction of sp³-hybridized carbons (Fsp3) is 0.529. The molecule has 21 heavy (non-hydrogen) atoms. The van der Waals surface area contributed by atoms with Crippen molar-refractivity contribution in [2.24, 2.45) is 0 Å². The molecule has 1 saturated heterocycles. The second kappa shape index (κ2) is 7.48. The number of hydrogen-bond acceptors (Lipinski definition) is 4. The van der Waals surface area contributed by atoms with E-state index in [1.54, 1.807) is 12.4 Å². The molecule has 0 unspecified atom stereocenters. The van der Waals surface area contributed by atoms with Gasteiger partial charge in [-0.1, -0.05) is 18.6 Å². The lowest BCUT2D eigenvalue weighted by atomic mass is 10.1. The van der Waals surface area contributed by atoms with Crippen molar-refractivity contribution in [3.63, 3.8) is 0 Å². The molecule has 3 rings (SSSR count). The molecular formula is C17H24N4. The number of rotatable bonds is 6. The van der Waals surface area contributed by atoms with Gasteiger partial charge in [0.1, 0.15) is 0 Å². The quantitative estimate of drug-likeness (QED) is 0.828.